The third-order valence-electron chi connectivity index (χ3n) is 3.78. The van der Waals surface area contributed by atoms with Gasteiger partial charge in [0.05, 0.1) is 5.92 Å². The van der Waals surface area contributed by atoms with Crippen LogP contribution in [0.3, 0.4) is 0 Å². The first-order valence-corrected chi connectivity index (χ1v) is 6.49. The van der Waals surface area contributed by atoms with Crippen LogP contribution in [0.1, 0.15) is 19.3 Å². The number of hydrogen-bond acceptors (Lipinski definition) is 3. The van der Waals surface area contributed by atoms with Crippen LogP contribution in [-0.4, -0.2) is 65.5 Å². The van der Waals surface area contributed by atoms with Gasteiger partial charge < -0.3 is 20.2 Å². The van der Waals surface area contributed by atoms with Crippen molar-refractivity contribution in [3.8, 4) is 0 Å². The average Bonchev–Trinajstić information content (AvgIpc) is 2.83. The summed E-state index contributed by atoms with van der Waals surface area (Å²) in [6.07, 6.45) is 1.59. The van der Waals surface area contributed by atoms with Crippen molar-refractivity contribution in [3.63, 3.8) is 0 Å². The van der Waals surface area contributed by atoms with Crippen LogP contribution >= 0.6 is 0 Å². The van der Waals surface area contributed by atoms with Crippen molar-refractivity contribution < 1.29 is 19.5 Å². The van der Waals surface area contributed by atoms with Gasteiger partial charge in [-0.2, -0.15) is 0 Å². The summed E-state index contributed by atoms with van der Waals surface area (Å²) in [7, 11) is 1.72. The van der Waals surface area contributed by atoms with E-state index in [0.717, 1.165) is 0 Å². The first kappa shape index (κ1) is 13.6. The minimum atomic E-state index is -0.849. The fourth-order valence-electron chi connectivity index (χ4n) is 2.54. The average molecular weight is 269 g/mol. The van der Waals surface area contributed by atoms with Gasteiger partial charge in [0.25, 0.3) is 0 Å². The normalized spacial score (nSPS) is 27.5. The van der Waals surface area contributed by atoms with Crippen molar-refractivity contribution in [3.05, 3.63) is 0 Å². The maximum Gasteiger partial charge on any atom is 0.317 e. The smallest absolute Gasteiger partial charge is 0.317 e. The summed E-state index contributed by atoms with van der Waals surface area (Å²) in [6.45, 7) is 1.26. The minimum Gasteiger partial charge on any atom is -0.481 e. The Morgan fingerprint density at radius 1 is 1.32 bits per heavy atom. The number of amides is 3. The molecule has 0 aliphatic carbocycles. The van der Waals surface area contributed by atoms with E-state index >= 15 is 0 Å². The van der Waals surface area contributed by atoms with Crippen molar-refractivity contribution >= 4 is 17.9 Å². The summed E-state index contributed by atoms with van der Waals surface area (Å²) in [5.41, 5.74) is 0. The van der Waals surface area contributed by atoms with Crippen LogP contribution in [-0.2, 0) is 9.59 Å². The molecule has 2 atom stereocenters. The Labute approximate surface area is 111 Å². The van der Waals surface area contributed by atoms with E-state index in [1.54, 1.807) is 11.9 Å². The zero-order chi connectivity index (χ0) is 14.0. The van der Waals surface area contributed by atoms with Crippen molar-refractivity contribution in [1.82, 2.24) is 15.1 Å². The van der Waals surface area contributed by atoms with E-state index in [1.165, 1.54) is 4.90 Å². The van der Waals surface area contributed by atoms with Gasteiger partial charge in [0, 0.05) is 39.1 Å². The van der Waals surface area contributed by atoms with Crippen molar-refractivity contribution in [1.29, 1.82) is 0 Å². The number of carbonyl (C=O) groups is 3. The highest BCUT2D eigenvalue weighted by molar-refractivity contribution is 5.79. The molecule has 0 aromatic carbocycles. The SMILES string of the molecule is CN1CC(NC(=O)N2CCC(C(=O)O)C2)CCC1=O. The quantitative estimate of drug-likeness (QED) is 0.721. The largest absolute Gasteiger partial charge is 0.481 e. The number of aliphatic carboxylic acids is 1. The van der Waals surface area contributed by atoms with Crippen LogP contribution in [0.15, 0.2) is 0 Å². The molecule has 2 fully saturated rings. The number of hydrogen-bond donors (Lipinski definition) is 2. The van der Waals surface area contributed by atoms with Crippen LogP contribution in [0.2, 0.25) is 0 Å². The lowest BCUT2D eigenvalue weighted by Gasteiger charge is -2.31. The molecule has 7 nitrogen and oxygen atoms in total. The molecule has 0 saturated carbocycles. The Bertz CT molecular complexity index is 398. The van der Waals surface area contributed by atoms with Gasteiger partial charge in [-0.15, -0.1) is 0 Å². The first-order valence-electron chi connectivity index (χ1n) is 6.49. The maximum absolute atomic E-state index is 12.0. The van der Waals surface area contributed by atoms with Crippen LogP contribution in [0.5, 0.6) is 0 Å². The van der Waals surface area contributed by atoms with E-state index in [-0.39, 0.29) is 24.5 Å². The molecule has 2 rings (SSSR count). The van der Waals surface area contributed by atoms with Gasteiger partial charge >= 0.3 is 12.0 Å². The molecular formula is C12H19N3O4. The number of likely N-dealkylation sites (tertiary alicyclic amines) is 2. The fourth-order valence-corrected chi connectivity index (χ4v) is 2.54. The molecule has 106 valence electrons. The Hall–Kier alpha value is -1.79. The van der Waals surface area contributed by atoms with Crippen molar-refractivity contribution in [2.75, 3.05) is 26.7 Å². The van der Waals surface area contributed by atoms with Crippen molar-refractivity contribution in [2.24, 2.45) is 5.92 Å². The summed E-state index contributed by atoms with van der Waals surface area (Å²) in [6, 6.07) is -0.268. The molecule has 0 spiro atoms. The predicted octanol–water partition coefficient (Wildman–Crippen LogP) is -0.277. The number of carboxylic acids is 1. The van der Waals surface area contributed by atoms with E-state index < -0.39 is 11.9 Å². The summed E-state index contributed by atoms with van der Waals surface area (Å²) in [4.78, 5) is 37.3. The summed E-state index contributed by atoms with van der Waals surface area (Å²) < 4.78 is 0. The van der Waals surface area contributed by atoms with Gasteiger partial charge in [-0.25, -0.2) is 4.79 Å². The number of carbonyl (C=O) groups excluding carboxylic acids is 2. The van der Waals surface area contributed by atoms with Gasteiger partial charge in [0.2, 0.25) is 5.91 Å². The zero-order valence-corrected chi connectivity index (χ0v) is 11.0. The summed E-state index contributed by atoms with van der Waals surface area (Å²) in [5.74, 6) is -1.21. The number of rotatable bonds is 2. The molecule has 2 saturated heterocycles. The van der Waals surface area contributed by atoms with Crippen LogP contribution < -0.4 is 5.32 Å². The van der Waals surface area contributed by atoms with E-state index in [9.17, 15) is 14.4 Å². The molecule has 2 unspecified atom stereocenters. The second-order valence-corrected chi connectivity index (χ2v) is 5.23. The second kappa shape index (κ2) is 5.46. The van der Waals surface area contributed by atoms with Gasteiger partial charge in [-0.3, -0.25) is 9.59 Å². The van der Waals surface area contributed by atoms with E-state index in [1.807, 2.05) is 0 Å². The molecule has 0 aromatic rings. The second-order valence-electron chi connectivity index (χ2n) is 5.23. The third kappa shape index (κ3) is 3.15. The highest BCUT2D eigenvalue weighted by Gasteiger charge is 2.32. The van der Waals surface area contributed by atoms with Crippen LogP contribution in [0.25, 0.3) is 0 Å². The number of piperidine rings is 1. The molecule has 2 heterocycles. The lowest BCUT2D eigenvalue weighted by Crippen LogP contribution is -2.51. The highest BCUT2D eigenvalue weighted by atomic mass is 16.4. The number of likely N-dealkylation sites (N-methyl/N-ethyl adjacent to an activating group) is 1. The molecule has 2 N–H and O–H groups in total. The van der Waals surface area contributed by atoms with Gasteiger partial charge in [0.1, 0.15) is 0 Å². The van der Waals surface area contributed by atoms with E-state index in [2.05, 4.69) is 5.32 Å². The Morgan fingerprint density at radius 2 is 2.05 bits per heavy atom. The molecular weight excluding hydrogens is 250 g/mol. The molecule has 0 radical (unpaired) electrons. The Kier molecular flexibility index (Phi) is 3.92. The van der Waals surface area contributed by atoms with Gasteiger partial charge in [0.15, 0.2) is 0 Å². The molecule has 19 heavy (non-hydrogen) atoms. The van der Waals surface area contributed by atoms with E-state index in [4.69, 9.17) is 5.11 Å². The molecule has 0 bridgehead atoms. The van der Waals surface area contributed by atoms with Gasteiger partial charge in [-0.1, -0.05) is 0 Å². The maximum atomic E-state index is 12.0. The highest BCUT2D eigenvalue weighted by Crippen LogP contribution is 2.17. The van der Waals surface area contributed by atoms with Gasteiger partial charge in [-0.05, 0) is 12.8 Å². The first-order chi connectivity index (χ1) is 8.97. The topological polar surface area (TPSA) is 90.0 Å². The summed E-state index contributed by atoms with van der Waals surface area (Å²) in [5, 5.41) is 11.8. The Balaban J connectivity index is 1.82. The molecule has 0 aromatic heterocycles. The van der Waals surface area contributed by atoms with Crippen LogP contribution in [0.4, 0.5) is 4.79 Å². The van der Waals surface area contributed by atoms with Crippen LogP contribution in [0, 0.1) is 5.92 Å². The van der Waals surface area contributed by atoms with Crippen molar-refractivity contribution in [2.45, 2.75) is 25.3 Å². The number of nitrogens with zero attached hydrogens (tertiary/aromatic N) is 2. The standard InChI is InChI=1S/C12H19N3O4/c1-14-7-9(2-3-10(14)16)13-12(19)15-5-4-8(6-15)11(17)18/h8-9H,2-7H2,1H3,(H,13,19)(H,17,18). The number of urea groups is 1. The molecule has 2 aliphatic rings. The predicted molar refractivity (Wildman–Crippen MR) is 66.5 cm³/mol. The lowest BCUT2D eigenvalue weighted by molar-refractivity contribution is -0.141. The fraction of sp³-hybridized carbons (Fsp3) is 0.750. The Morgan fingerprint density at radius 3 is 2.63 bits per heavy atom. The molecule has 3 amide bonds. The number of carboxylic acid groups (broad SMARTS) is 1. The lowest BCUT2D eigenvalue weighted by atomic mass is 10.1. The zero-order valence-electron chi connectivity index (χ0n) is 11.0. The number of nitrogens with one attached hydrogen (secondary N) is 1. The molecule has 7 heteroatoms. The monoisotopic (exact) mass is 269 g/mol. The molecule has 2 aliphatic heterocycles. The minimum absolute atomic E-state index is 0.0425. The third-order valence-corrected chi connectivity index (χ3v) is 3.78. The van der Waals surface area contributed by atoms with E-state index in [0.29, 0.717) is 32.4 Å². The summed E-state index contributed by atoms with van der Waals surface area (Å²) >= 11 is 0.